The molecule has 0 spiro atoms. The molecule has 2 aromatic rings. The summed E-state index contributed by atoms with van der Waals surface area (Å²) in [6.07, 6.45) is 0.887. The van der Waals surface area contributed by atoms with Gasteiger partial charge in [-0.15, -0.1) is 12.4 Å². The molecule has 0 bridgehead atoms. The zero-order chi connectivity index (χ0) is 19.4. The van der Waals surface area contributed by atoms with Crippen molar-refractivity contribution >= 4 is 34.0 Å². The number of anilines is 1. The summed E-state index contributed by atoms with van der Waals surface area (Å²) in [5.74, 6) is -0.134. The molecule has 152 valence electrons. The molecule has 1 aliphatic rings. The van der Waals surface area contributed by atoms with Gasteiger partial charge in [-0.3, -0.25) is 9.52 Å². The Morgan fingerprint density at radius 1 is 1.07 bits per heavy atom. The van der Waals surface area contributed by atoms with Crippen LogP contribution in [-0.4, -0.2) is 45.4 Å². The van der Waals surface area contributed by atoms with Crippen LogP contribution in [0.15, 0.2) is 47.4 Å². The predicted molar refractivity (Wildman–Crippen MR) is 114 cm³/mol. The van der Waals surface area contributed by atoms with E-state index >= 15 is 0 Å². The second-order valence-electron chi connectivity index (χ2n) is 6.85. The average molecular weight is 424 g/mol. The molecule has 2 aromatic carbocycles. The Bertz CT molecular complexity index is 939. The standard InChI is InChI=1S/C20H25N3O3S.ClH/c1-15-5-3-6-18(13-15)22-27(25,26)19-14-17(8-7-16(19)2)20(24)23-11-4-9-21-10-12-23;/h3,5-8,13-14,21-22H,4,9-12H2,1-2H3;1H. The summed E-state index contributed by atoms with van der Waals surface area (Å²) in [6.45, 7) is 6.56. The van der Waals surface area contributed by atoms with E-state index in [1.54, 1.807) is 42.2 Å². The Morgan fingerprint density at radius 3 is 2.61 bits per heavy atom. The molecule has 1 amide bonds. The number of rotatable bonds is 4. The summed E-state index contributed by atoms with van der Waals surface area (Å²) in [5, 5.41) is 3.26. The highest BCUT2D eigenvalue weighted by Crippen LogP contribution is 2.22. The summed E-state index contributed by atoms with van der Waals surface area (Å²) < 4.78 is 28.4. The van der Waals surface area contributed by atoms with E-state index in [9.17, 15) is 13.2 Å². The fourth-order valence-electron chi connectivity index (χ4n) is 3.17. The average Bonchev–Trinajstić information content (AvgIpc) is 2.90. The normalized spacial score (nSPS) is 14.7. The Hall–Kier alpha value is -2.09. The van der Waals surface area contributed by atoms with Crippen LogP contribution in [0.2, 0.25) is 0 Å². The van der Waals surface area contributed by atoms with Crippen molar-refractivity contribution in [1.29, 1.82) is 0 Å². The first-order chi connectivity index (χ1) is 12.9. The van der Waals surface area contributed by atoms with Crippen LogP contribution in [0, 0.1) is 13.8 Å². The van der Waals surface area contributed by atoms with Gasteiger partial charge >= 0.3 is 0 Å². The van der Waals surface area contributed by atoms with Crippen LogP contribution in [0.5, 0.6) is 0 Å². The fourth-order valence-corrected chi connectivity index (χ4v) is 4.49. The largest absolute Gasteiger partial charge is 0.337 e. The molecule has 1 fully saturated rings. The van der Waals surface area contributed by atoms with Crippen molar-refractivity contribution in [1.82, 2.24) is 10.2 Å². The van der Waals surface area contributed by atoms with Crippen LogP contribution < -0.4 is 10.0 Å². The van der Waals surface area contributed by atoms with Crippen molar-refractivity contribution in [3.05, 3.63) is 59.2 Å². The third-order valence-electron chi connectivity index (χ3n) is 4.62. The summed E-state index contributed by atoms with van der Waals surface area (Å²) >= 11 is 0. The zero-order valence-corrected chi connectivity index (χ0v) is 17.7. The number of carbonyl (C=O) groups is 1. The third kappa shape index (κ3) is 5.25. The highest BCUT2D eigenvalue weighted by molar-refractivity contribution is 7.92. The number of carbonyl (C=O) groups excluding carboxylic acids is 1. The second kappa shape index (κ2) is 9.41. The van der Waals surface area contributed by atoms with Crippen molar-refractivity contribution < 1.29 is 13.2 Å². The third-order valence-corrected chi connectivity index (χ3v) is 6.15. The predicted octanol–water partition coefficient (Wildman–Crippen LogP) is 2.96. The first-order valence-electron chi connectivity index (χ1n) is 9.07. The number of benzene rings is 2. The van der Waals surface area contributed by atoms with Gasteiger partial charge in [-0.05, 0) is 62.2 Å². The van der Waals surface area contributed by atoms with Gasteiger partial charge in [-0.25, -0.2) is 8.42 Å². The van der Waals surface area contributed by atoms with Gasteiger partial charge in [0.2, 0.25) is 0 Å². The van der Waals surface area contributed by atoms with Crippen molar-refractivity contribution in [2.24, 2.45) is 0 Å². The van der Waals surface area contributed by atoms with Crippen molar-refractivity contribution in [2.45, 2.75) is 25.2 Å². The zero-order valence-electron chi connectivity index (χ0n) is 16.1. The number of halogens is 1. The molecule has 28 heavy (non-hydrogen) atoms. The van der Waals surface area contributed by atoms with Crippen LogP contribution in [0.25, 0.3) is 0 Å². The summed E-state index contributed by atoms with van der Waals surface area (Å²) in [7, 11) is -3.79. The lowest BCUT2D eigenvalue weighted by Gasteiger charge is -2.20. The van der Waals surface area contributed by atoms with Gasteiger partial charge in [0.15, 0.2) is 0 Å². The van der Waals surface area contributed by atoms with Crippen molar-refractivity contribution in [3.63, 3.8) is 0 Å². The van der Waals surface area contributed by atoms with Gasteiger partial charge in [0.25, 0.3) is 15.9 Å². The Balaban J connectivity index is 0.00000280. The number of nitrogens with one attached hydrogen (secondary N) is 2. The Morgan fingerprint density at radius 2 is 1.86 bits per heavy atom. The van der Waals surface area contributed by atoms with Crippen molar-refractivity contribution in [2.75, 3.05) is 30.9 Å². The van der Waals surface area contributed by atoms with Gasteiger partial charge < -0.3 is 10.2 Å². The molecule has 1 saturated heterocycles. The van der Waals surface area contributed by atoms with Crippen LogP contribution in [0.4, 0.5) is 5.69 Å². The maximum atomic E-state index is 12.9. The van der Waals surface area contributed by atoms with Gasteiger partial charge in [0.05, 0.1) is 4.90 Å². The lowest BCUT2D eigenvalue weighted by Crippen LogP contribution is -2.34. The van der Waals surface area contributed by atoms with Gasteiger partial charge in [0, 0.05) is 30.9 Å². The number of amides is 1. The number of aryl methyl sites for hydroxylation is 2. The molecule has 0 radical (unpaired) electrons. The maximum absolute atomic E-state index is 12.9. The van der Waals surface area contributed by atoms with Crippen LogP contribution in [0.1, 0.15) is 27.9 Å². The molecule has 0 atom stereocenters. The Kier molecular flexibility index (Phi) is 7.46. The SMILES string of the molecule is Cc1cccc(NS(=O)(=O)c2cc(C(=O)N3CCCNCC3)ccc2C)c1.Cl. The fraction of sp³-hybridized carbons (Fsp3) is 0.350. The minimum atomic E-state index is -3.79. The number of sulfonamides is 1. The topological polar surface area (TPSA) is 78.5 Å². The molecule has 3 rings (SSSR count). The molecular formula is C20H26ClN3O3S. The molecule has 1 heterocycles. The molecular weight excluding hydrogens is 398 g/mol. The number of nitrogens with zero attached hydrogens (tertiary/aromatic N) is 1. The van der Waals surface area contributed by atoms with E-state index in [0.29, 0.717) is 29.9 Å². The minimum absolute atomic E-state index is 0. The first kappa shape index (κ1) is 22.2. The van der Waals surface area contributed by atoms with Crippen molar-refractivity contribution in [3.8, 4) is 0 Å². The Labute approximate surface area is 172 Å². The molecule has 0 aliphatic carbocycles. The number of hydrogen-bond donors (Lipinski definition) is 2. The number of hydrogen-bond acceptors (Lipinski definition) is 4. The van der Waals surface area contributed by atoms with E-state index in [2.05, 4.69) is 10.0 Å². The van der Waals surface area contributed by atoms with Crippen LogP contribution in [-0.2, 0) is 10.0 Å². The molecule has 6 nitrogen and oxygen atoms in total. The molecule has 2 N–H and O–H groups in total. The highest BCUT2D eigenvalue weighted by Gasteiger charge is 2.22. The minimum Gasteiger partial charge on any atom is -0.337 e. The lowest BCUT2D eigenvalue weighted by molar-refractivity contribution is 0.0766. The van der Waals surface area contributed by atoms with E-state index in [1.165, 1.54) is 6.07 Å². The van der Waals surface area contributed by atoms with E-state index in [4.69, 9.17) is 0 Å². The molecule has 8 heteroatoms. The molecule has 0 saturated carbocycles. The van der Waals surface area contributed by atoms with Gasteiger partial charge in [0.1, 0.15) is 0 Å². The van der Waals surface area contributed by atoms with E-state index in [0.717, 1.165) is 25.1 Å². The molecule has 0 aromatic heterocycles. The highest BCUT2D eigenvalue weighted by atomic mass is 35.5. The summed E-state index contributed by atoms with van der Waals surface area (Å²) in [6, 6.07) is 12.0. The monoisotopic (exact) mass is 423 g/mol. The summed E-state index contributed by atoms with van der Waals surface area (Å²) in [4.78, 5) is 14.7. The van der Waals surface area contributed by atoms with Crippen LogP contribution >= 0.6 is 12.4 Å². The smallest absolute Gasteiger partial charge is 0.262 e. The quantitative estimate of drug-likeness (QED) is 0.792. The molecule has 1 aliphatic heterocycles. The lowest BCUT2D eigenvalue weighted by atomic mass is 10.1. The first-order valence-corrected chi connectivity index (χ1v) is 10.6. The van der Waals surface area contributed by atoms with Crippen LogP contribution in [0.3, 0.4) is 0 Å². The van der Waals surface area contributed by atoms with E-state index in [-0.39, 0.29) is 23.2 Å². The van der Waals surface area contributed by atoms with Gasteiger partial charge in [-0.1, -0.05) is 18.2 Å². The maximum Gasteiger partial charge on any atom is 0.262 e. The summed E-state index contributed by atoms with van der Waals surface area (Å²) in [5.41, 5.74) is 2.46. The van der Waals surface area contributed by atoms with E-state index < -0.39 is 10.0 Å². The van der Waals surface area contributed by atoms with E-state index in [1.807, 2.05) is 13.0 Å². The van der Waals surface area contributed by atoms with Gasteiger partial charge in [-0.2, -0.15) is 0 Å². The molecule has 0 unspecified atom stereocenters. The second-order valence-corrected chi connectivity index (χ2v) is 8.50.